The minimum absolute atomic E-state index is 0.0377. The second-order valence-corrected chi connectivity index (χ2v) is 5.77. The molecule has 0 N–H and O–H groups in total. The van der Waals surface area contributed by atoms with Gasteiger partial charge < -0.3 is 9.47 Å². The molecule has 0 aromatic heterocycles. The SMILES string of the molecule is CCCCCC(Oc1cc([N+](=O)[O-])c2ccccc2c1)C(=O)OCC. The summed E-state index contributed by atoms with van der Waals surface area (Å²) in [4.78, 5) is 23.1. The Balaban J connectivity index is 2.30. The molecule has 134 valence electrons. The van der Waals surface area contributed by atoms with E-state index in [-0.39, 0.29) is 12.3 Å². The number of benzene rings is 2. The second-order valence-electron chi connectivity index (χ2n) is 5.77. The molecular formula is C19H23NO5. The molecule has 0 saturated heterocycles. The summed E-state index contributed by atoms with van der Waals surface area (Å²) in [6, 6.07) is 10.1. The highest BCUT2D eigenvalue weighted by Crippen LogP contribution is 2.31. The fraction of sp³-hybridized carbons (Fsp3) is 0.421. The molecule has 2 rings (SSSR count). The molecule has 6 heteroatoms. The Labute approximate surface area is 146 Å². The fourth-order valence-corrected chi connectivity index (χ4v) is 2.69. The van der Waals surface area contributed by atoms with Crippen molar-refractivity contribution in [2.45, 2.75) is 45.6 Å². The molecule has 6 nitrogen and oxygen atoms in total. The van der Waals surface area contributed by atoms with Gasteiger partial charge in [0.05, 0.1) is 23.0 Å². The Morgan fingerprint density at radius 2 is 1.96 bits per heavy atom. The van der Waals surface area contributed by atoms with Crippen LogP contribution in [0.4, 0.5) is 5.69 Å². The number of carbonyl (C=O) groups excluding carboxylic acids is 1. The van der Waals surface area contributed by atoms with Gasteiger partial charge in [0.2, 0.25) is 0 Å². The smallest absolute Gasteiger partial charge is 0.347 e. The number of fused-ring (bicyclic) bond motifs is 1. The van der Waals surface area contributed by atoms with Gasteiger partial charge in [-0.15, -0.1) is 0 Å². The quantitative estimate of drug-likeness (QED) is 0.286. The number of esters is 1. The summed E-state index contributed by atoms with van der Waals surface area (Å²) in [6.45, 7) is 4.08. The maximum absolute atomic E-state index is 12.1. The van der Waals surface area contributed by atoms with E-state index < -0.39 is 17.0 Å². The lowest BCUT2D eigenvalue weighted by Crippen LogP contribution is -2.29. The van der Waals surface area contributed by atoms with E-state index in [0.29, 0.717) is 22.9 Å². The van der Waals surface area contributed by atoms with Crippen LogP contribution in [-0.4, -0.2) is 23.6 Å². The van der Waals surface area contributed by atoms with Crippen molar-refractivity contribution in [3.05, 3.63) is 46.5 Å². The molecule has 1 unspecified atom stereocenters. The van der Waals surface area contributed by atoms with Crippen molar-refractivity contribution < 1.29 is 19.2 Å². The molecule has 0 heterocycles. The molecule has 0 aliphatic heterocycles. The van der Waals surface area contributed by atoms with Crippen molar-refractivity contribution in [3.8, 4) is 5.75 Å². The van der Waals surface area contributed by atoms with Gasteiger partial charge in [0, 0.05) is 0 Å². The zero-order valence-corrected chi connectivity index (χ0v) is 14.6. The summed E-state index contributed by atoms with van der Waals surface area (Å²) >= 11 is 0. The van der Waals surface area contributed by atoms with Crippen molar-refractivity contribution in [1.82, 2.24) is 0 Å². The molecule has 0 saturated carbocycles. The molecule has 0 spiro atoms. The van der Waals surface area contributed by atoms with Gasteiger partial charge in [-0.3, -0.25) is 10.1 Å². The number of nitrogens with zero attached hydrogens (tertiary/aromatic N) is 1. The molecule has 25 heavy (non-hydrogen) atoms. The number of unbranched alkanes of at least 4 members (excludes halogenated alkanes) is 2. The molecule has 2 aromatic rings. The average molecular weight is 345 g/mol. The van der Waals surface area contributed by atoms with Crippen molar-refractivity contribution in [1.29, 1.82) is 0 Å². The highest BCUT2D eigenvalue weighted by atomic mass is 16.6. The molecule has 0 radical (unpaired) electrons. The predicted molar refractivity (Wildman–Crippen MR) is 95.8 cm³/mol. The molecule has 1 atom stereocenters. The van der Waals surface area contributed by atoms with E-state index in [0.717, 1.165) is 19.3 Å². The summed E-state index contributed by atoms with van der Waals surface area (Å²) in [5.41, 5.74) is -0.0377. The monoisotopic (exact) mass is 345 g/mol. The van der Waals surface area contributed by atoms with E-state index in [4.69, 9.17) is 9.47 Å². The van der Waals surface area contributed by atoms with Gasteiger partial charge in [0.15, 0.2) is 6.10 Å². The third-order valence-electron chi connectivity index (χ3n) is 3.91. The van der Waals surface area contributed by atoms with Crippen LogP contribution >= 0.6 is 0 Å². The largest absolute Gasteiger partial charge is 0.478 e. The van der Waals surface area contributed by atoms with Gasteiger partial charge in [0.25, 0.3) is 5.69 Å². The lowest BCUT2D eigenvalue weighted by atomic mass is 10.1. The number of hydrogen-bond acceptors (Lipinski definition) is 5. The number of carbonyl (C=O) groups is 1. The lowest BCUT2D eigenvalue weighted by Gasteiger charge is -2.18. The number of non-ortho nitro benzene ring substituents is 1. The third kappa shape index (κ3) is 4.92. The highest BCUT2D eigenvalue weighted by molar-refractivity contribution is 5.92. The summed E-state index contributed by atoms with van der Waals surface area (Å²) in [5.74, 6) is -0.130. The molecule has 0 aliphatic rings. The number of nitro groups is 1. The van der Waals surface area contributed by atoms with E-state index in [1.165, 1.54) is 6.07 Å². The van der Waals surface area contributed by atoms with E-state index in [1.54, 1.807) is 37.3 Å². The molecule has 2 aromatic carbocycles. The standard InChI is InChI=1S/C19H23NO5/c1-3-5-6-11-18(19(21)24-4-2)25-15-12-14-9-7-8-10-16(14)17(13-15)20(22)23/h7-10,12-13,18H,3-6,11H2,1-2H3. The molecule has 0 amide bonds. The van der Waals surface area contributed by atoms with Crippen molar-refractivity contribution in [3.63, 3.8) is 0 Å². The maximum atomic E-state index is 12.1. The van der Waals surface area contributed by atoms with E-state index in [1.807, 2.05) is 0 Å². The van der Waals surface area contributed by atoms with Crippen LogP contribution in [0.1, 0.15) is 39.5 Å². The van der Waals surface area contributed by atoms with Crippen LogP contribution in [0, 0.1) is 10.1 Å². The van der Waals surface area contributed by atoms with Crippen molar-refractivity contribution >= 4 is 22.4 Å². The average Bonchev–Trinajstić information content (AvgIpc) is 2.60. The number of rotatable bonds is 9. The number of hydrogen-bond donors (Lipinski definition) is 0. The molecule has 0 fully saturated rings. The lowest BCUT2D eigenvalue weighted by molar-refractivity contribution is -0.383. The predicted octanol–water partition coefficient (Wildman–Crippen LogP) is 4.64. The Hall–Kier alpha value is -2.63. The Morgan fingerprint density at radius 3 is 2.64 bits per heavy atom. The first-order valence-electron chi connectivity index (χ1n) is 8.57. The Kier molecular flexibility index (Phi) is 6.74. The molecular weight excluding hydrogens is 322 g/mol. The Morgan fingerprint density at radius 1 is 1.20 bits per heavy atom. The normalized spacial score (nSPS) is 11.9. The van der Waals surface area contributed by atoms with Gasteiger partial charge in [-0.2, -0.15) is 0 Å². The minimum Gasteiger partial charge on any atom is -0.478 e. The van der Waals surface area contributed by atoms with Crippen LogP contribution in [0.3, 0.4) is 0 Å². The van der Waals surface area contributed by atoms with Crippen LogP contribution in [0.25, 0.3) is 10.8 Å². The van der Waals surface area contributed by atoms with Gasteiger partial charge in [-0.05, 0) is 37.3 Å². The van der Waals surface area contributed by atoms with Crippen LogP contribution in [-0.2, 0) is 9.53 Å². The van der Waals surface area contributed by atoms with Gasteiger partial charge >= 0.3 is 5.97 Å². The number of ether oxygens (including phenoxy) is 2. The second kappa shape index (κ2) is 9.01. The summed E-state index contributed by atoms with van der Waals surface area (Å²) < 4.78 is 10.9. The van der Waals surface area contributed by atoms with Gasteiger partial charge in [-0.25, -0.2) is 4.79 Å². The van der Waals surface area contributed by atoms with Crippen molar-refractivity contribution in [2.75, 3.05) is 6.61 Å². The summed E-state index contributed by atoms with van der Waals surface area (Å²) in [7, 11) is 0. The van der Waals surface area contributed by atoms with Crippen LogP contribution in [0.15, 0.2) is 36.4 Å². The fourth-order valence-electron chi connectivity index (χ4n) is 2.69. The summed E-state index contributed by atoms with van der Waals surface area (Å²) in [5, 5.41) is 12.6. The van der Waals surface area contributed by atoms with Crippen LogP contribution in [0.5, 0.6) is 5.75 Å². The minimum atomic E-state index is -0.757. The zero-order valence-electron chi connectivity index (χ0n) is 14.6. The van der Waals surface area contributed by atoms with Gasteiger partial charge in [0.1, 0.15) is 5.75 Å². The summed E-state index contributed by atoms with van der Waals surface area (Å²) in [6.07, 6.45) is 2.60. The van der Waals surface area contributed by atoms with Crippen molar-refractivity contribution in [2.24, 2.45) is 0 Å². The third-order valence-corrected chi connectivity index (χ3v) is 3.91. The molecule has 0 bridgehead atoms. The highest BCUT2D eigenvalue weighted by Gasteiger charge is 2.23. The first-order chi connectivity index (χ1) is 12.1. The van der Waals surface area contributed by atoms with E-state index >= 15 is 0 Å². The van der Waals surface area contributed by atoms with Crippen LogP contribution in [0.2, 0.25) is 0 Å². The zero-order chi connectivity index (χ0) is 18.2. The van der Waals surface area contributed by atoms with Gasteiger partial charge in [-0.1, -0.05) is 38.0 Å². The molecule has 0 aliphatic carbocycles. The Bertz CT molecular complexity index is 744. The number of nitro benzene ring substituents is 1. The van der Waals surface area contributed by atoms with Crippen LogP contribution < -0.4 is 4.74 Å². The first-order valence-corrected chi connectivity index (χ1v) is 8.57. The first kappa shape index (κ1) is 18.7. The van der Waals surface area contributed by atoms with E-state index in [9.17, 15) is 14.9 Å². The van der Waals surface area contributed by atoms with E-state index in [2.05, 4.69) is 6.92 Å². The topological polar surface area (TPSA) is 78.7 Å². The maximum Gasteiger partial charge on any atom is 0.347 e.